The number of nitrogen functional groups attached to an aromatic ring is 1. The maximum Gasteiger partial charge on any atom is 0.337 e. The van der Waals surface area contributed by atoms with Crippen LogP contribution < -0.4 is 10.5 Å². The number of nitrogens with two attached hydrogens (primary N) is 1. The molecule has 112 valence electrons. The number of benzene rings is 1. The predicted octanol–water partition coefficient (Wildman–Crippen LogP) is 1.79. The van der Waals surface area contributed by atoms with Gasteiger partial charge < -0.3 is 15.6 Å². The van der Waals surface area contributed by atoms with Crippen LogP contribution in [0.1, 0.15) is 30.0 Å². The van der Waals surface area contributed by atoms with Gasteiger partial charge in [0.15, 0.2) is 5.82 Å². The fraction of sp³-hybridized carbons (Fsp3) is 0.357. The second-order valence-electron chi connectivity index (χ2n) is 5.10. The van der Waals surface area contributed by atoms with Gasteiger partial charge in [-0.2, -0.15) is 5.10 Å². The first kappa shape index (κ1) is 14.8. The third-order valence-electron chi connectivity index (χ3n) is 2.86. The van der Waals surface area contributed by atoms with Crippen LogP contribution in [0.4, 0.5) is 5.69 Å². The van der Waals surface area contributed by atoms with E-state index in [1.54, 1.807) is 10.7 Å². The van der Waals surface area contributed by atoms with Crippen molar-refractivity contribution in [2.24, 2.45) is 5.92 Å². The average molecular weight is 290 g/mol. The molecule has 1 aromatic heterocycles. The van der Waals surface area contributed by atoms with Gasteiger partial charge in [-0.25, -0.2) is 14.5 Å². The lowest BCUT2D eigenvalue weighted by molar-refractivity contribution is 0.0698. The van der Waals surface area contributed by atoms with E-state index >= 15 is 0 Å². The van der Waals surface area contributed by atoms with E-state index in [0.29, 0.717) is 17.5 Å². The summed E-state index contributed by atoms with van der Waals surface area (Å²) in [5, 5.41) is 13.1. The molecule has 7 heteroatoms. The number of rotatable bonds is 6. The summed E-state index contributed by atoms with van der Waals surface area (Å²) < 4.78 is 7.38. The highest BCUT2D eigenvalue weighted by Gasteiger charge is 2.10. The molecule has 7 nitrogen and oxygen atoms in total. The van der Waals surface area contributed by atoms with E-state index < -0.39 is 5.97 Å². The van der Waals surface area contributed by atoms with Gasteiger partial charge in [-0.1, -0.05) is 13.8 Å². The Morgan fingerprint density at radius 2 is 2.24 bits per heavy atom. The molecular weight excluding hydrogens is 272 g/mol. The van der Waals surface area contributed by atoms with Crippen molar-refractivity contribution in [2.45, 2.75) is 27.0 Å². The van der Waals surface area contributed by atoms with E-state index in [4.69, 9.17) is 15.6 Å². The third kappa shape index (κ3) is 3.71. The number of hydrogen-bond acceptors (Lipinski definition) is 5. The number of aromatic carboxylic acids is 1. The summed E-state index contributed by atoms with van der Waals surface area (Å²) in [7, 11) is 0. The summed E-state index contributed by atoms with van der Waals surface area (Å²) >= 11 is 0. The van der Waals surface area contributed by atoms with E-state index in [1.165, 1.54) is 18.5 Å². The SMILES string of the molecule is CC(C)Cn1ncnc1COc1ccc(C(=O)O)c(N)c1. The maximum atomic E-state index is 10.9. The first-order valence-corrected chi connectivity index (χ1v) is 6.59. The molecule has 0 bridgehead atoms. The lowest BCUT2D eigenvalue weighted by Crippen LogP contribution is -2.12. The minimum Gasteiger partial charge on any atom is -0.486 e. The minimum atomic E-state index is -1.06. The van der Waals surface area contributed by atoms with Crippen LogP contribution >= 0.6 is 0 Å². The molecule has 0 aliphatic carbocycles. The second kappa shape index (κ2) is 6.25. The molecule has 0 unspecified atom stereocenters. The molecule has 0 aliphatic rings. The van der Waals surface area contributed by atoms with Crippen LogP contribution in [0, 0.1) is 5.92 Å². The Hall–Kier alpha value is -2.57. The number of carboxylic acid groups (broad SMARTS) is 1. The standard InChI is InChI=1S/C14H18N4O3/c1-9(2)6-18-13(16-8-17-18)7-21-10-3-4-11(14(19)20)12(15)5-10/h3-5,8-9H,6-7,15H2,1-2H3,(H,19,20). The van der Waals surface area contributed by atoms with Gasteiger partial charge in [-0.05, 0) is 18.1 Å². The molecule has 0 saturated heterocycles. The molecule has 0 radical (unpaired) electrons. The number of nitrogens with zero attached hydrogens (tertiary/aromatic N) is 3. The van der Waals surface area contributed by atoms with Gasteiger partial charge in [0.05, 0.1) is 5.56 Å². The highest BCUT2D eigenvalue weighted by Crippen LogP contribution is 2.20. The van der Waals surface area contributed by atoms with Crippen molar-refractivity contribution in [3.05, 3.63) is 35.9 Å². The molecule has 0 atom stereocenters. The first-order valence-electron chi connectivity index (χ1n) is 6.59. The van der Waals surface area contributed by atoms with E-state index in [2.05, 4.69) is 23.9 Å². The zero-order valence-corrected chi connectivity index (χ0v) is 12.0. The van der Waals surface area contributed by atoms with Crippen LogP contribution in [-0.4, -0.2) is 25.8 Å². The topological polar surface area (TPSA) is 103 Å². The highest BCUT2D eigenvalue weighted by atomic mass is 16.5. The molecule has 1 aromatic carbocycles. The number of hydrogen-bond donors (Lipinski definition) is 2. The summed E-state index contributed by atoms with van der Waals surface area (Å²) in [6.45, 7) is 5.20. The van der Waals surface area contributed by atoms with Crippen LogP contribution in [0.2, 0.25) is 0 Å². The van der Waals surface area contributed by atoms with E-state index in [9.17, 15) is 4.79 Å². The zero-order chi connectivity index (χ0) is 15.4. The summed E-state index contributed by atoms with van der Waals surface area (Å²) in [5.41, 5.74) is 5.90. The first-order chi connectivity index (χ1) is 9.97. The molecule has 2 rings (SSSR count). The molecule has 2 aromatic rings. The van der Waals surface area contributed by atoms with Crippen molar-refractivity contribution >= 4 is 11.7 Å². The number of ether oxygens (including phenoxy) is 1. The third-order valence-corrected chi connectivity index (χ3v) is 2.86. The monoisotopic (exact) mass is 290 g/mol. The number of carbonyl (C=O) groups is 1. The van der Waals surface area contributed by atoms with Gasteiger partial charge >= 0.3 is 5.97 Å². The Morgan fingerprint density at radius 3 is 2.86 bits per heavy atom. The summed E-state index contributed by atoms with van der Waals surface area (Å²) in [6.07, 6.45) is 1.49. The average Bonchev–Trinajstić information content (AvgIpc) is 2.82. The summed E-state index contributed by atoms with van der Waals surface area (Å²) in [5.74, 6) is 0.604. The van der Waals surface area contributed by atoms with Gasteiger partial charge in [0, 0.05) is 18.3 Å². The molecule has 21 heavy (non-hydrogen) atoms. The zero-order valence-electron chi connectivity index (χ0n) is 12.0. The Morgan fingerprint density at radius 1 is 1.48 bits per heavy atom. The fourth-order valence-electron chi connectivity index (χ4n) is 1.87. The Kier molecular flexibility index (Phi) is 4.42. The van der Waals surface area contributed by atoms with Crippen molar-refractivity contribution in [1.29, 1.82) is 0 Å². The molecule has 0 spiro atoms. The van der Waals surface area contributed by atoms with Crippen molar-refractivity contribution in [3.63, 3.8) is 0 Å². The van der Waals surface area contributed by atoms with Gasteiger partial charge in [-0.3, -0.25) is 0 Å². The van der Waals surface area contributed by atoms with E-state index in [0.717, 1.165) is 6.54 Å². The van der Waals surface area contributed by atoms with Crippen LogP contribution in [0.15, 0.2) is 24.5 Å². The van der Waals surface area contributed by atoms with E-state index in [-0.39, 0.29) is 17.9 Å². The second-order valence-corrected chi connectivity index (χ2v) is 5.10. The quantitative estimate of drug-likeness (QED) is 0.786. The summed E-state index contributed by atoms with van der Waals surface area (Å²) in [6, 6.07) is 4.49. The van der Waals surface area contributed by atoms with Crippen LogP contribution in [0.5, 0.6) is 5.75 Å². The normalized spacial score (nSPS) is 10.8. The van der Waals surface area contributed by atoms with Crippen molar-refractivity contribution in [3.8, 4) is 5.75 Å². The molecule has 0 amide bonds. The van der Waals surface area contributed by atoms with Crippen LogP contribution in [0.3, 0.4) is 0 Å². The van der Waals surface area contributed by atoms with Crippen molar-refractivity contribution in [2.75, 3.05) is 5.73 Å². The smallest absolute Gasteiger partial charge is 0.337 e. The van der Waals surface area contributed by atoms with Crippen LogP contribution in [0.25, 0.3) is 0 Å². The van der Waals surface area contributed by atoms with Gasteiger partial charge in [0.25, 0.3) is 0 Å². The fourth-order valence-corrected chi connectivity index (χ4v) is 1.87. The Balaban J connectivity index is 2.05. The Bertz CT molecular complexity index is 637. The molecular formula is C14H18N4O3. The molecule has 0 aliphatic heterocycles. The maximum absolute atomic E-state index is 10.9. The van der Waals surface area contributed by atoms with Gasteiger partial charge in [-0.15, -0.1) is 0 Å². The molecule has 1 heterocycles. The minimum absolute atomic E-state index is 0.0605. The van der Waals surface area contributed by atoms with Gasteiger partial charge in [0.2, 0.25) is 0 Å². The molecule has 0 fully saturated rings. The predicted molar refractivity (Wildman–Crippen MR) is 77.0 cm³/mol. The molecule has 0 saturated carbocycles. The lowest BCUT2D eigenvalue weighted by Gasteiger charge is -2.10. The van der Waals surface area contributed by atoms with Crippen LogP contribution in [-0.2, 0) is 13.2 Å². The number of anilines is 1. The van der Waals surface area contributed by atoms with Crippen molar-refractivity contribution in [1.82, 2.24) is 14.8 Å². The summed E-state index contributed by atoms with van der Waals surface area (Å²) in [4.78, 5) is 15.0. The number of carboxylic acids is 1. The number of aromatic nitrogens is 3. The Labute approximate surface area is 122 Å². The van der Waals surface area contributed by atoms with E-state index in [1.807, 2.05) is 0 Å². The van der Waals surface area contributed by atoms with Crippen molar-refractivity contribution < 1.29 is 14.6 Å². The highest BCUT2D eigenvalue weighted by molar-refractivity contribution is 5.93. The van der Waals surface area contributed by atoms with Gasteiger partial charge in [0.1, 0.15) is 18.7 Å². The molecule has 3 N–H and O–H groups in total. The lowest BCUT2D eigenvalue weighted by atomic mass is 10.2. The largest absolute Gasteiger partial charge is 0.486 e.